The van der Waals surface area contributed by atoms with Gasteiger partial charge in [0.15, 0.2) is 0 Å². The second-order valence-electron chi connectivity index (χ2n) is 7.19. The Bertz CT molecular complexity index is 550. The summed E-state index contributed by atoms with van der Waals surface area (Å²) in [7, 11) is 1.41. The molecule has 21 heavy (non-hydrogen) atoms. The third-order valence-corrected chi connectivity index (χ3v) is 6.05. The number of hydrogen-bond acceptors (Lipinski definition) is 3. The minimum atomic E-state index is -0.324. The number of esters is 1. The highest BCUT2D eigenvalue weighted by Crippen LogP contribution is 2.61. The van der Waals surface area contributed by atoms with Crippen LogP contribution in [-0.4, -0.2) is 18.2 Å². The van der Waals surface area contributed by atoms with Crippen LogP contribution in [0.2, 0.25) is 0 Å². The zero-order chi connectivity index (χ0) is 14.6. The van der Waals surface area contributed by atoms with Crippen LogP contribution >= 0.6 is 0 Å². The Morgan fingerprint density at radius 3 is 2.29 bits per heavy atom. The van der Waals surface area contributed by atoms with Crippen LogP contribution in [0.4, 0.5) is 0 Å². The fourth-order valence-corrected chi connectivity index (χ4v) is 5.59. The van der Waals surface area contributed by atoms with Crippen molar-refractivity contribution >= 4 is 5.97 Å². The van der Waals surface area contributed by atoms with Gasteiger partial charge >= 0.3 is 5.97 Å². The highest BCUT2D eigenvalue weighted by Gasteiger charge is 2.50. The average Bonchev–Trinajstić information content (AvgIpc) is 2.46. The normalized spacial score (nSPS) is 36.7. The van der Waals surface area contributed by atoms with Gasteiger partial charge in [0.25, 0.3) is 0 Å². The number of aromatic hydroxyl groups is 1. The summed E-state index contributed by atoms with van der Waals surface area (Å²) in [6.07, 6.45) is 6.49. The summed E-state index contributed by atoms with van der Waals surface area (Å²) in [5.41, 5.74) is 1.42. The molecule has 1 N–H and O–H groups in total. The first kappa shape index (κ1) is 13.2. The van der Waals surface area contributed by atoms with Crippen LogP contribution in [0.1, 0.15) is 53.9 Å². The van der Waals surface area contributed by atoms with Crippen LogP contribution in [-0.2, 0) is 4.74 Å². The zero-order valence-corrected chi connectivity index (χ0v) is 12.4. The molecule has 0 heterocycles. The Morgan fingerprint density at radius 2 is 1.71 bits per heavy atom. The molecule has 5 rings (SSSR count). The maximum atomic E-state index is 12.1. The molecular weight excluding hydrogens is 264 g/mol. The summed E-state index contributed by atoms with van der Waals surface area (Å²) in [5, 5.41) is 10.4. The van der Waals surface area contributed by atoms with Crippen LogP contribution in [0.5, 0.6) is 5.75 Å². The summed E-state index contributed by atoms with van der Waals surface area (Å²) in [6, 6.07) is 5.25. The second-order valence-corrected chi connectivity index (χ2v) is 7.19. The van der Waals surface area contributed by atoms with E-state index in [9.17, 15) is 9.90 Å². The van der Waals surface area contributed by atoms with Gasteiger partial charge in [0.1, 0.15) is 5.75 Å². The minimum Gasteiger partial charge on any atom is -0.508 e. The van der Waals surface area contributed by atoms with Gasteiger partial charge < -0.3 is 9.84 Å². The van der Waals surface area contributed by atoms with Crippen molar-refractivity contribution < 1.29 is 14.6 Å². The topological polar surface area (TPSA) is 46.5 Å². The van der Waals surface area contributed by atoms with E-state index in [1.54, 1.807) is 18.2 Å². The minimum absolute atomic E-state index is 0.273. The Kier molecular flexibility index (Phi) is 2.98. The van der Waals surface area contributed by atoms with Gasteiger partial charge in [-0.05, 0) is 73.8 Å². The van der Waals surface area contributed by atoms with Crippen molar-refractivity contribution in [3.8, 4) is 5.75 Å². The Hall–Kier alpha value is -1.51. The van der Waals surface area contributed by atoms with E-state index in [2.05, 4.69) is 0 Å². The number of phenolic OH excluding ortho intramolecular Hbond substituents is 1. The molecule has 0 saturated heterocycles. The number of hydrogen-bond donors (Lipinski definition) is 1. The molecular formula is C18H22O3. The molecule has 0 amide bonds. The lowest BCUT2D eigenvalue weighted by Gasteiger charge is -2.54. The number of methoxy groups -OCH3 is 1. The van der Waals surface area contributed by atoms with E-state index in [0.29, 0.717) is 23.3 Å². The van der Waals surface area contributed by atoms with Crippen LogP contribution in [0, 0.1) is 23.7 Å². The molecule has 3 nitrogen and oxygen atoms in total. The Labute approximate surface area is 125 Å². The van der Waals surface area contributed by atoms with Crippen molar-refractivity contribution in [1.29, 1.82) is 0 Å². The largest absolute Gasteiger partial charge is 0.508 e. The van der Waals surface area contributed by atoms with Crippen LogP contribution in [0.25, 0.3) is 0 Å². The van der Waals surface area contributed by atoms with E-state index in [1.165, 1.54) is 39.2 Å². The van der Waals surface area contributed by atoms with E-state index < -0.39 is 0 Å². The van der Waals surface area contributed by atoms with Gasteiger partial charge in [-0.1, -0.05) is 6.07 Å². The number of rotatable bonds is 2. The third kappa shape index (κ3) is 1.97. The SMILES string of the molecule is COC(=O)c1cccc(O)c1C1C2CC3CC(C2)CC1C3. The van der Waals surface area contributed by atoms with E-state index in [0.717, 1.165) is 17.4 Å². The monoisotopic (exact) mass is 286 g/mol. The predicted octanol–water partition coefficient (Wildman–Crippen LogP) is 3.72. The van der Waals surface area contributed by atoms with Gasteiger partial charge in [0.2, 0.25) is 0 Å². The van der Waals surface area contributed by atoms with Crippen LogP contribution in [0.15, 0.2) is 18.2 Å². The van der Waals surface area contributed by atoms with Crippen molar-refractivity contribution in [2.45, 2.75) is 38.0 Å². The molecule has 0 atom stereocenters. The highest BCUT2D eigenvalue weighted by molar-refractivity contribution is 5.92. The maximum Gasteiger partial charge on any atom is 0.338 e. The molecule has 0 unspecified atom stereocenters. The quantitative estimate of drug-likeness (QED) is 0.843. The van der Waals surface area contributed by atoms with Crippen molar-refractivity contribution in [2.75, 3.05) is 7.11 Å². The maximum absolute atomic E-state index is 12.1. The molecule has 4 aliphatic rings. The fourth-order valence-electron chi connectivity index (χ4n) is 5.59. The number of ether oxygens (including phenoxy) is 1. The summed E-state index contributed by atoms with van der Waals surface area (Å²) in [5.74, 6) is 3.33. The van der Waals surface area contributed by atoms with Crippen molar-refractivity contribution in [3.63, 3.8) is 0 Å². The van der Waals surface area contributed by atoms with Gasteiger partial charge in [-0.15, -0.1) is 0 Å². The van der Waals surface area contributed by atoms with Gasteiger partial charge in [-0.2, -0.15) is 0 Å². The molecule has 4 aliphatic carbocycles. The highest BCUT2D eigenvalue weighted by atomic mass is 16.5. The Morgan fingerprint density at radius 1 is 1.10 bits per heavy atom. The van der Waals surface area contributed by atoms with Crippen LogP contribution < -0.4 is 0 Å². The number of phenols is 1. The van der Waals surface area contributed by atoms with Gasteiger partial charge in [-0.25, -0.2) is 4.79 Å². The molecule has 1 aromatic rings. The fraction of sp³-hybridized carbons (Fsp3) is 0.611. The molecule has 0 aliphatic heterocycles. The number of benzene rings is 1. The van der Waals surface area contributed by atoms with E-state index >= 15 is 0 Å². The lowest BCUT2D eigenvalue weighted by molar-refractivity contribution is -0.00394. The van der Waals surface area contributed by atoms with Gasteiger partial charge in [-0.3, -0.25) is 0 Å². The summed E-state index contributed by atoms with van der Waals surface area (Å²) in [4.78, 5) is 12.1. The standard InChI is InChI=1S/C18H22O3/c1-21-18(20)14-3-2-4-15(19)17(14)16-12-6-10-5-11(8-12)9-13(16)7-10/h2-4,10-13,16,19H,5-9H2,1H3. The molecule has 3 heteroatoms. The average molecular weight is 286 g/mol. The molecule has 1 aromatic carbocycles. The first-order valence-corrected chi connectivity index (χ1v) is 8.07. The van der Waals surface area contributed by atoms with E-state index in [-0.39, 0.29) is 11.7 Å². The van der Waals surface area contributed by atoms with E-state index in [1.807, 2.05) is 0 Å². The first-order chi connectivity index (χ1) is 10.2. The van der Waals surface area contributed by atoms with E-state index in [4.69, 9.17) is 4.74 Å². The van der Waals surface area contributed by atoms with Gasteiger partial charge in [0, 0.05) is 5.56 Å². The van der Waals surface area contributed by atoms with Crippen molar-refractivity contribution in [1.82, 2.24) is 0 Å². The van der Waals surface area contributed by atoms with Gasteiger partial charge in [0.05, 0.1) is 12.7 Å². The predicted molar refractivity (Wildman–Crippen MR) is 79.2 cm³/mol. The first-order valence-electron chi connectivity index (χ1n) is 8.07. The summed E-state index contributed by atoms with van der Waals surface area (Å²) in [6.45, 7) is 0. The second kappa shape index (κ2) is 4.75. The molecule has 4 saturated carbocycles. The molecule has 4 fully saturated rings. The molecule has 0 aromatic heterocycles. The number of carbonyl (C=O) groups excluding carboxylic acids is 1. The van der Waals surface area contributed by atoms with Crippen LogP contribution in [0.3, 0.4) is 0 Å². The van der Waals surface area contributed by atoms with Crippen molar-refractivity contribution in [2.24, 2.45) is 23.7 Å². The lowest BCUT2D eigenvalue weighted by atomic mass is 9.50. The Balaban J connectivity index is 1.78. The third-order valence-electron chi connectivity index (χ3n) is 6.05. The smallest absolute Gasteiger partial charge is 0.338 e. The molecule has 0 radical (unpaired) electrons. The summed E-state index contributed by atoms with van der Waals surface area (Å²) >= 11 is 0. The zero-order valence-electron chi connectivity index (χ0n) is 12.4. The lowest BCUT2D eigenvalue weighted by Crippen LogP contribution is -2.44. The van der Waals surface area contributed by atoms with Crippen molar-refractivity contribution in [3.05, 3.63) is 29.3 Å². The molecule has 4 bridgehead atoms. The number of carbonyl (C=O) groups is 1. The molecule has 0 spiro atoms. The molecule has 112 valence electrons. The summed E-state index contributed by atoms with van der Waals surface area (Å²) < 4.78 is 4.92.